The first kappa shape index (κ1) is 14.4. The van der Waals surface area contributed by atoms with Crippen LogP contribution in [0.15, 0.2) is 30.3 Å². The molecule has 0 heterocycles. The van der Waals surface area contributed by atoms with Gasteiger partial charge in [0.25, 0.3) is 0 Å². The number of carbonyl (C=O) groups excluding carboxylic acids is 1. The molecule has 0 aliphatic rings. The molecular weight excluding hydrogens is 254 g/mol. The highest BCUT2D eigenvalue weighted by Crippen LogP contribution is 2.08. The summed E-state index contributed by atoms with van der Waals surface area (Å²) >= 11 is 3.90. The van der Waals surface area contributed by atoms with Gasteiger partial charge in [0.05, 0.1) is 0 Å². The van der Waals surface area contributed by atoms with Crippen molar-refractivity contribution in [1.82, 2.24) is 5.32 Å². The smallest absolute Gasteiger partial charge is 0.408 e. The van der Waals surface area contributed by atoms with Gasteiger partial charge < -0.3 is 15.2 Å². The second-order valence-electron chi connectivity index (χ2n) is 3.98. The van der Waals surface area contributed by atoms with Crippen LogP contribution < -0.4 is 5.32 Å². The molecule has 5 nitrogen and oxygen atoms in total. The van der Waals surface area contributed by atoms with Gasteiger partial charge in [-0.15, -0.1) is 0 Å². The first-order valence-corrected chi connectivity index (χ1v) is 5.94. The lowest BCUT2D eigenvalue weighted by Gasteiger charge is -2.23. The number of ether oxygens (including phenoxy) is 1. The van der Waals surface area contributed by atoms with Gasteiger partial charge in [-0.2, -0.15) is 12.6 Å². The molecule has 98 valence electrons. The summed E-state index contributed by atoms with van der Waals surface area (Å²) in [4.78, 5) is 22.4. The molecule has 0 spiro atoms. The van der Waals surface area contributed by atoms with Gasteiger partial charge in [-0.25, -0.2) is 9.59 Å². The van der Waals surface area contributed by atoms with Gasteiger partial charge in [-0.1, -0.05) is 30.3 Å². The molecule has 18 heavy (non-hydrogen) atoms. The van der Waals surface area contributed by atoms with Gasteiger partial charge in [0.15, 0.2) is 0 Å². The number of amides is 1. The Bertz CT molecular complexity index is 423. The molecule has 0 aliphatic heterocycles. The number of aliphatic carboxylic acids is 1. The average molecular weight is 269 g/mol. The van der Waals surface area contributed by atoms with Crippen molar-refractivity contribution in [2.45, 2.75) is 19.1 Å². The van der Waals surface area contributed by atoms with Crippen LogP contribution in [-0.4, -0.2) is 28.5 Å². The van der Waals surface area contributed by atoms with Crippen LogP contribution in [0.3, 0.4) is 0 Å². The van der Waals surface area contributed by atoms with Crippen molar-refractivity contribution < 1.29 is 19.4 Å². The van der Waals surface area contributed by atoms with E-state index in [2.05, 4.69) is 17.9 Å². The van der Waals surface area contributed by atoms with E-state index in [9.17, 15) is 9.59 Å². The summed E-state index contributed by atoms with van der Waals surface area (Å²) in [7, 11) is 0. The number of hydrogen-bond acceptors (Lipinski definition) is 4. The molecule has 1 atom stereocenters. The summed E-state index contributed by atoms with van der Waals surface area (Å²) < 4.78 is 4.93. The fraction of sp³-hybridized carbons (Fsp3) is 0.333. The largest absolute Gasteiger partial charge is 0.479 e. The van der Waals surface area contributed by atoms with Gasteiger partial charge in [0.2, 0.25) is 0 Å². The minimum Gasteiger partial charge on any atom is -0.479 e. The van der Waals surface area contributed by atoms with Crippen molar-refractivity contribution in [2.24, 2.45) is 0 Å². The molecule has 1 amide bonds. The van der Waals surface area contributed by atoms with Gasteiger partial charge in [-0.3, -0.25) is 0 Å². The second-order valence-corrected chi connectivity index (χ2v) is 4.30. The summed E-state index contributed by atoms with van der Waals surface area (Å²) in [6, 6.07) is 9.12. The molecule has 0 aliphatic carbocycles. The van der Waals surface area contributed by atoms with Crippen molar-refractivity contribution in [3.8, 4) is 0 Å². The molecule has 0 unspecified atom stereocenters. The summed E-state index contributed by atoms with van der Waals surface area (Å²) in [5, 5.41) is 11.2. The summed E-state index contributed by atoms with van der Waals surface area (Å²) in [6.07, 6.45) is -0.780. The lowest BCUT2D eigenvalue weighted by Crippen LogP contribution is -2.53. The van der Waals surface area contributed by atoms with Crippen LogP contribution in [-0.2, 0) is 16.1 Å². The molecule has 0 saturated carbocycles. The fourth-order valence-electron chi connectivity index (χ4n) is 1.15. The first-order chi connectivity index (χ1) is 8.48. The summed E-state index contributed by atoms with van der Waals surface area (Å²) in [5.41, 5.74) is -0.604. The van der Waals surface area contributed by atoms with Crippen LogP contribution in [0, 0.1) is 0 Å². The number of carboxylic acid groups (broad SMARTS) is 1. The highest BCUT2D eigenvalue weighted by molar-refractivity contribution is 7.80. The van der Waals surface area contributed by atoms with E-state index in [1.165, 1.54) is 6.92 Å². The molecule has 0 saturated heterocycles. The van der Waals surface area contributed by atoms with E-state index in [1.807, 2.05) is 30.3 Å². The minimum absolute atomic E-state index is 0.0250. The Balaban J connectivity index is 2.49. The lowest BCUT2D eigenvalue weighted by atomic mass is 10.1. The van der Waals surface area contributed by atoms with Crippen molar-refractivity contribution in [3.05, 3.63) is 35.9 Å². The number of carbonyl (C=O) groups is 2. The van der Waals surface area contributed by atoms with E-state index in [1.54, 1.807) is 0 Å². The predicted octanol–water partition coefficient (Wildman–Crippen LogP) is 1.69. The zero-order valence-electron chi connectivity index (χ0n) is 9.92. The predicted molar refractivity (Wildman–Crippen MR) is 69.7 cm³/mol. The average Bonchev–Trinajstić information content (AvgIpc) is 2.37. The van der Waals surface area contributed by atoms with E-state index < -0.39 is 17.6 Å². The number of carboxylic acids is 1. The quantitative estimate of drug-likeness (QED) is 0.711. The topological polar surface area (TPSA) is 75.6 Å². The molecule has 1 rings (SSSR count). The van der Waals surface area contributed by atoms with Crippen LogP contribution in [0.2, 0.25) is 0 Å². The van der Waals surface area contributed by atoms with E-state index in [0.717, 1.165) is 5.56 Å². The molecule has 0 bridgehead atoms. The van der Waals surface area contributed by atoms with E-state index in [4.69, 9.17) is 9.84 Å². The highest BCUT2D eigenvalue weighted by Gasteiger charge is 2.33. The van der Waals surface area contributed by atoms with Crippen LogP contribution in [0.1, 0.15) is 12.5 Å². The fourth-order valence-corrected chi connectivity index (χ4v) is 1.36. The third-order valence-electron chi connectivity index (χ3n) is 2.38. The lowest BCUT2D eigenvalue weighted by molar-refractivity contribution is -0.142. The molecular formula is C12H15NO4S. The number of alkyl carbamates (subject to hydrolysis) is 1. The number of nitrogens with one attached hydrogen (secondary N) is 1. The van der Waals surface area contributed by atoms with E-state index in [0.29, 0.717) is 0 Å². The van der Waals surface area contributed by atoms with Crippen molar-refractivity contribution in [2.75, 3.05) is 5.75 Å². The molecule has 6 heteroatoms. The maximum atomic E-state index is 11.5. The third-order valence-corrected chi connectivity index (χ3v) is 3.01. The third kappa shape index (κ3) is 3.96. The highest BCUT2D eigenvalue weighted by atomic mass is 32.1. The molecule has 0 aromatic heterocycles. The summed E-state index contributed by atoms with van der Waals surface area (Å²) in [5.74, 6) is -1.18. The van der Waals surface area contributed by atoms with Crippen LogP contribution >= 0.6 is 12.6 Å². The number of benzene rings is 1. The molecule has 1 aromatic rings. The van der Waals surface area contributed by atoms with Crippen molar-refractivity contribution in [1.29, 1.82) is 0 Å². The van der Waals surface area contributed by atoms with Gasteiger partial charge in [-0.05, 0) is 12.5 Å². The molecule has 0 fully saturated rings. The van der Waals surface area contributed by atoms with Gasteiger partial charge in [0, 0.05) is 5.75 Å². The molecule has 0 radical (unpaired) electrons. The Kier molecular flexibility index (Phi) is 5.03. The van der Waals surface area contributed by atoms with E-state index in [-0.39, 0.29) is 12.4 Å². The Hall–Kier alpha value is -1.69. The standard InChI is InChI=1S/C12H15NO4S/c1-12(8-18,10(14)15)13-11(16)17-7-9-5-3-2-4-6-9/h2-6,18H,7-8H2,1H3,(H,13,16)(H,14,15)/t12-/m0/s1. The second kappa shape index (κ2) is 6.30. The maximum Gasteiger partial charge on any atom is 0.408 e. The monoisotopic (exact) mass is 269 g/mol. The van der Waals surface area contributed by atoms with Crippen molar-refractivity contribution >= 4 is 24.7 Å². The molecule has 2 N–H and O–H groups in total. The minimum atomic E-state index is -1.43. The summed E-state index contributed by atoms with van der Waals surface area (Å²) in [6.45, 7) is 1.46. The van der Waals surface area contributed by atoms with Crippen LogP contribution in [0.5, 0.6) is 0 Å². The zero-order chi connectivity index (χ0) is 13.6. The van der Waals surface area contributed by atoms with Crippen LogP contribution in [0.4, 0.5) is 4.79 Å². The van der Waals surface area contributed by atoms with Gasteiger partial charge in [0.1, 0.15) is 12.1 Å². The maximum absolute atomic E-state index is 11.5. The Labute approximate surface area is 111 Å². The zero-order valence-corrected chi connectivity index (χ0v) is 10.8. The number of hydrogen-bond donors (Lipinski definition) is 3. The number of rotatable bonds is 5. The normalized spacial score (nSPS) is 13.4. The Morgan fingerprint density at radius 3 is 2.50 bits per heavy atom. The molecule has 1 aromatic carbocycles. The van der Waals surface area contributed by atoms with Crippen LogP contribution in [0.25, 0.3) is 0 Å². The Morgan fingerprint density at radius 2 is 2.00 bits per heavy atom. The SMILES string of the molecule is C[C@@](CS)(NC(=O)OCc1ccccc1)C(=O)O. The Morgan fingerprint density at radius 1 is 1.39 bits per heavy atom. The van der Waals surface area contributed by atoms with Crippen molar-refractivity contribution in [3.63, 3.8) is 0 Å². The van der Waals surface area contributed by atoms with E-state index >= 15 is 0 Å². The van der Waals surface area contributed by atoms with Gasteiger partial charge >= 0.3 is 12.1 Å². The first-order valence-electron chi connectivity index (χ1n) is 5.31. The number of thiol groups is 1.